The summed E-state index contributed by atoms with van der Waals surface area (Å²) in [5, 5.41) is 18.7. The van der Waals surface area contributed by atoms with Crippen molar-refractivity contribution in [1.82, 2.24) is 0 Å². The zero-order chi connectivity index (χ0) is 11.4. The van der Waals surface area contributed by atoms with E-state index in [1.807, 2.05) is 0 Å². The van der Waals surface area contributed by atoms with Gasteiger partial charge in [0.15, 0.2) is 6.29 Å². The quantitative estimate of drug-likeness (QED) is 0.618. The first kappa shape index (κ1) is 12.8. The zero-order valence-corrected chi connectivity index (χ0v) is 9.12. The molecule has 0 aromatic heterocycles. The molecule has 1 aliphatic heterocycles. The summed E-state index contributed by atoms with van der Waals surface area (Å²) in [6.07, 6.45) is -3.29. The number of rotatable bonds is 4. The lowest BCUT2D eigenvalue weighted by atomic mass is 9.99. The molecule has 1 saturated heterocycles. The molecule has 0 aromatic rings. The number of aliphatic hydroxyl groups excluding tert-OH is 2. The van der Waals surface area contributed by atoms with E-state index in [1.165, 1.54) is 21.3 Å². The molecule has 0 aromatic carbocycles. The van der Waals surface area contributed by atoms with E-state index >= 15 is 0 Å². The van der Waals surface area contributed by atoms with Crippen molar-refractivity contribution in [2.45, 2.75) is 30.7 Å². The minimum atomic E-state index is -1.12. The molecule has 15 heavy (non-hydrogen) atoms. The van der Waals surface area contributed by atoms with Crippen LogP contribution < -0.4 is 0 Å². The predicted octanol–water partition coefficient (Wildman–Crippen LogP) is -1.26. The van der Waals surface area contributed by atoms with Crippen LogP contribution in [0.5, 0.6) is 0 Å². The van der Waals surface area contributed by atoms with Crippen molar-refractivity contribution >= 4 is 0 Å². The minimum absolute atomic E-state index is 0.244. The van der Waals surface area contributed by atoms with Crippen LogP contribution in [0.2, 0.25) is 0 Å². The van der Waals surface area contributed by atoms with Crippen LogP contribution in [0.25, 0.3) is 0 Å². The van der Waals surface area contributed by atoms with Crippen molar-refractivity contribution in [3.8, 4) is 0 Å². The zero-order valence-electron chi connectivity index (χ0n) is 9.12. The van der Waals surface area contributed by atoms with Gasteiger partial charge >= 0.3 is 0 Å². The maximum Gasteiger partial charge on any atom is 0.184 e. The van der Waals surface area contributed by atoms with Crippen LogP contribution in [0, 0.1) is 0 Å². The average Bonchev–Trinajstić information content (AvgIpc) is 2.27. The van der Waals surface area contributed by atoms with Gasteiger partial charge in [-0.1, -0.05) is 0 Å². The van der Waals surface area contributed by atoms with E-state index in [0.717, 1.165) is 0 Å². The van der Waals surface area contributed by atoms with Crippen LogP contribution in [0.15, 0.2) is 0 Å². The number of aliphatic hydroxyl groups is 2. The molecule has 5 atom stereocenters. The SMILES string of the molecule is CO[C@@H]1[C@@H](OC)[C@@H](O)O[C@H](CO)[C@H]1OC. The highest BCUT2D eigenvalue weighted by atomic mass is 16.7. The Labute approximate surface area is 88.7 Å². The molecule has 90 valence electrons. The highest BCUT2D eigenvalue weighted by molar-refractivity contribution is 4.91. The fraction of sp³-hybridized carbons (Fsp3) is 1.00. The van der Waals surface area contributed by atoms with Crippen LogP contribution in [-0.2, 0) is 18.9 Å². The molecule has 1 aliphatic rings. The minimum Gasteiger partial charge on any atom is -0.394 e. The molecule has 0 radical (unpaired) electrons. The molecule has 0 unspecified atom stereocenters. The van der Waals surface area contributed by atoms with E-state index in [-0.39, 0.29) is 6.61 Å². The van der Waals surface area contributed by atoms with Crippen molar-refractivity contribution < 1.29 is 29.2 Å². The summed E-state index contributed by atoms with van der Waals surface area (Å²) in [6.45, 7) is -0.244. The smallest absolute Gasteiger partial charge is 0.184 e. The Morgan fingerprint density at radius 3 is 1.93 bits per heavy atom. The standard InChI is InChI=1S/C9H18O6/c1-12-6-5(4-10)15-9(11)8(14-3)7(6)13-2/h5-11H,4H2,1-3H3/t5-,6-,7+,8-,9+/m1/s1. The monoisotopic (exact) mass is 222 g/mol. The van der Waals surface area contributed by atoms with Gasteiger partial charge in [-0.15, -0.1) is 0 Å². The second kappa shape index (κ2) is 5.74. The van der Waals surface area contributed by atoms with Gasteiger partial charge in [0.2, 0.25) is 0 Å². The van der Waals surface area contributed by atoms with Crippen molar-refractivity contribution in [2.75, 3.05) is 27.9 Å². The van der Waals surface area contributed by atoms with Gasteiger partial charge in [0, 0.05) is 21.3 Å². The molecule has 1 heterocycles. The summed E-state index contributed by atoms with van der Waals surface area (Å²) in [7, 11) is 4.44. The van der Waals surface area contributed by atoms with Crippen LogP contribution in [0.3, 0.4) is 0 Å². The first-order valence-electron chi connectivity index (χ1n) is 4.72. The Morgan fingerprint density at radius 2 is 1.53 bits per heavy atom. The van der Waals surface area contributed by atoms with Crippen LogP contribution in [-0.4, -0.2) is 68.9 Å². The Hall–Kier alpha value is -0.240. The van der Waals surface area contributed by atoms with Crippen molar-refractivity contribution in [3.63, 3.8) is 0 Å². The Morgan fingerprint density at radius 1 is 1.00 bits per heavy atom. The molecule has 1 rings (SSSR count). The maximum atomic E-state index is 9.59. The van der Waals surface area contributed by atoms with Gasteiger partial charge < -0.3 is 29.2 Å². The van der Waals surface area contributed by atoms with Crippen molar-refractivity contribution in [2.24, 2.45) is 0 Å². The summed E-state index contributed by atoms with van der Waals surface area (Å²) in [6, 6.07) is 0. The van der Waals surface area contributed by atoms with E-state index in [2.05, 4.69) is 0 Å². The van der Waals surface area contributed by atoms with Gasteiger partial charge in [-0.05, 0) is 0 Å². The fourth-order valence-electron chi connectivity index (χ4n) is 1.85. The Kier molecular flexibility index (Phi) is 4.91. The van der Waals surface area contributed by atoms with Gasteiger partial charge in [0.05, 0.1) is 6.61 Å². The third-order valence-corrected chi connectivity index (χ3v) is 2.61. The second-order valence-electron chi connectivity index (χ2n) is 3.35. The highest BCUT2D eigenvalue weighted by Crippen LogP contribution is 2.25. The predicted molar refractivity (Wildman–Crippen MR) is 50.4 cm³/mol. The van der Waals surface area contributed by atoms with Crippen LogP contribution >= 0.6 is 0 Å². The molecule has 0 amide bonds. The summed E-state index contributed by atoms with van der Waals surface area (Å²) in [5.74, 6) is 0. The molecule has 1 fully saturated rings. The summed E-state index contributed by atoms with van der Waals surface area (Å²) in [5.41, 5.74) is 0. The second-order valence-corrected chi connectivity index (χ2v) is 3.35. The summed E-state index contributed by atoms with van der Waals surface area (Å²) < 4.78 is 20.6. The normalized spacial score (nSPS) is 41.8. The molecule has 0 spiro atoms. The van der Waals surface area contributed by atoms with Gasteiger partial charge in [0.1, 0.15) is 24.4 Å². The lowest BCUT2D eigenvalue weighted by molar-refractivity contribution is -0.299. The van der Waals surface area contributed by atoms with Gasteiger partial charge in [-0.2, -0.15) is 0 Å². The van der Waals surface area contributed by atoms with E-state index in [0.29, 0.717) is 0 Å². The Bertz CT molecular complexity index is 187. The lowest BCUT2D eigenvalue weighted by Gasteiger charge is -2.42. The highest BCUT2D eigenvalue weighted by Gasteiger charge is 2.46. The fourth-order valence-corrected chi connectivity index (χ4v) is 1.85. The van der Waals surface area contributed by atoms with Crippen LogP contribution in [0.1, 0.15) is 0 Å². The molecule has 0 saturated carbocycles. The van der Waals surface area contributed by atoms with E-state index in [9.17, 15) is 5.11 Å². The Balaban J connectivity index is 2.80. The maximum absolute atomic E-state index is 9.59. The summed E-state index contributed by atoms with van der Waals surface area (Å²) in [4.78, 5) is 0. The number of methoxy groups -OCH3 is 3. The molecule has 6 heteroatoms. The topological polar surface area (TPSA) is 77.4 Å². The number of hydrogen-bond donors (Lipinski definition) is 2. The first-order valence-corrected chi connectivity index (χ1v) is 4.72. The van der Waals surface area contributed by atoms with E-state index in [1.54, 1.807) is 0 Å². The van der Waals surface area contributed by atoms with Crippen LogP contribution in [0.4, 0.5) is 0 Å². The van der Waals surface area contributed by atoms with E-state index in [4.69, 9.17) is 24.1 Å². The molecule has 0 bridgehead atoms. The van der Waals surface area contributed by atoms with E-state index < -0.39 is 30.7 Å². The number of ether oxygens (including phenoxy) is 4. The molecule has 0 aliphatic carbocycles. The third-order valence-electron chi connectivity index (χ3n) is 2.61. The van der Waals surface area contributed by atoms with Gasteiger partial charge in [-0.3, -0.25) is 0 Å². The number of hydrogen-bond acceptors (Lipinski definition) is 6. The molecule has 2 N–H and O–H groups in total. The lowest BCUT2D eigenvalue weighted by Crippen LogP contribution is -2.60. The largest absolute Gasteiger partial charge is 0.394 e. The first-order chi connectivity index (χ1) is 7.19. The van der Waals surface area contributed by atoms with Crippen molar-refractivity contribution in [3.05, 3.63) is 0 Å². The summed E-state index contributed by atoms with van der Waals surface area (Å²) >= 11 is 0. The van der Waals surface area contributed by atoms with Gasteiger partial charge in [0.25, 0.3) is 0 Å². The third kappa shape index (κ3) is 2.47. The van der Waals surface area contributed by atoms with Crippen molar-refractivity contribution in [1.29, 1.82) is 0 Å². The van der Waals surface area contributed by atoms with Gasteiger partial charge in [-0.25, -0.2) is 0 Å². The molecular weight excluding hydrogens is 204 g/mol. The molecular formula is C9H18O6. The average molecular weight is 222 g/mol. The molecule has 6 nitrogen and oxygen atoms in total.